The van der Waals surface area contributed by atoms with Crippen LogP contribution in [0, 0.1) is 0 Å². The molecule has 0 saturated heterocycles. The second-order valence-corrected chi connectivity index (χ2v) is 6.44. The first-order valence-corrected chi connectivity index (χ1v) is 7.16. The van der Waals surface area contributed by atoms with E-state index in [1.54, 1.807) is 11.3 Å². The molecule has 2 rings (SSSR count). The lowest BCUT2D eigenvalue weighted by Crippen LogP contribution is -2.18. The predicted octanol–water partition coefficient (Wildman–Crippen LogP) is 3.07. The van der Waals surface area contributed by atoms with Gasteiger partial charge in [-0.15, -0.1) is 0 Å². The maximum Gasteiger partial charge on any atom is 0.0722 e. The molecule has 1 N–H and O–H groups in total. The number of hydrogen-bond acceptors (Lipinski definition) is 3. The molecule has 0 unspecified atom stereocenters. The van der Waals surface area contributed by atoms with E-state index in [1.807, 2.05) is 11.7 Å². The number of nitrogens with zero attached hydrogens (tertiary/aromatic N) is 2. The zero-order valence-electron chi connectivity index (χ0n) is 11.5. The van der Waals surface area contributed by atoms with Gasteiger partial charge in [-0.3, -0.25) is 4.68 Å². The minimum absolute atomic E-state index is 0.0979. The second kappa shape index (κ2) is 5.24. The van der Waals surface area contributed by atoms with Crippen LogP contribution in [0.25, 0.3) is 0 Å². The molecule has 0 atom stereocenters. The van der Waals surface area contributed by atoms with Gasteiger partial charge in [0.2, 0.25) is 0 Å². The van der Waals surface area contributed by atoms with Crippen molar-refractivity contribution in [3.63, 3.8) is 0 Å². The molecular formula is C14H21N3S. The number of thiophene rings is 1. The molecule has 18 heavy (non-hydrogen) atoms. The molecule has 0 saturated carbocycles. The molecule has 0 bridgehead atoms. The predicted molar refractivity (Wildman–Crippen MR) is 76.8 cm³/mol. The highest BCUT2D eigenvalue weighted by Crippen LogP contribution is 2.24. The van der Waals surface area contributed by atoms with Gasteiger partial charge in [0, 0.05) is 37.3 Å². The van der Waals surface area contributed by atoms with Crippen molar-refractivity contribution in [1.82, 2.24) is 15.1 Å². The van der Waals surface area contributed by atoms with Crippen molar-refractivity contribution in [2.24, 2.45) is 7.05 Å². The van der Waals surface area contributed by atoms with E-state index in [1.165, 1.54) is 16.8 Å². The normalized spacial score (nSPS) is 12.0. The van der Waals surface area contributed by atoms with Crippen LogP contribution in [0.15, 0.2) is 23.0 Å². The Morgan fingerprint density at radius 1 is 1.33 bits per heavy atom. The van der Waals surface area contributed by atoms with Crippen LogP contribution in [0.5, 0.6) is 0 Å². The quantitative estimate of drug-likeness (QED) is 0.918. The number of rotatable bonds is 4. The minimum Gasteiger partial charge on any atom is -0.308 e. The van der Waals surface area contributed by atoms with Crippen molar-refractivity contribution >= 4 is 11.3 Å². The smallest absolute Gasteiger partial charge is 0.0722 e. The van der Waals surface area contributed by atoms with Crippen molar-refractivity contribution in [3.8, 4) is 0 Å². The van der Waals surface area contributed by atoms with Crippen molar-refractivity contribution in [3.05, 3.63) is 39.8 Å². The third kappa shape index (κ3) is 3.21. The minimum atomic E-state index is 0.0979. The van der Waals surface area contributed by atoms with Gasteiger partial charge in [-0.2, -0.15) is 16.4 Å². The summed E-state index contributed by atoms with van der Waals surface area (Å²) in [5.41, 5.74) is 3.92. The first-order valence-electron chi connectivity index (χ1n) is 6.21. The summed E-state index contributed by atoms with van der Waals surface area (Å²) in [4.78, 5) is 0. The van der Waals surface area contributed by atoms with E-state index >= 15 is 0 Å². The summed E-state index contributed by atoms with van der Waals surface area (Å²) in [6.07, 6.45) is 2.11. The van der Waals surface area contributed by atoms with E-state index in [9.17, 15) is 0 Å². The van der Waals surface area contributed by atoms with Gasteiger partial charge >= 0.3 is 0 Å². The molecule has 2 heterocycles. The van der Waals surface area contributed by atoms with E-state index in [2.05, 4.69) is 54.2 Å². The molecule has 4 heteroatoms. The summed E-state index contributed by atoms with van der Waals surface area (Å²) in [6.45, 7) is 8.41. The molecule has 2 aromatic heterocycles. The molecule has 0 amide bonds. The molecule has 0 aliphatic rings. The fourth-order valence-electron chi connectivity index (χ4n) is 2.03. The monoisotopic (exact) mass is 263 g/mol. The van der Waals surface area contributed by atoms with Gasteiger partial charge < -0.3 is 5.32 Å². The van der Waals surface area contributed by atoms with Crippen LogP contribution in [0.3, 0.4) is 0 Å². The molecule has 2 aromatic rings. The summed E-state index contributed by atoms with van der Waals surface area (Å²) >= 11 is 1.74. The van der Waals surface area contributed by atoms with Crippen molar-refractivity contribution in [2.45, 2.75) is 39.3 Å². The summed E-state index contributed by atoms with van der Waals surface area (Å²) in [6, 6.07) is 2.16. The van der Waals surface area contributed by atoms with Crippen LogP contribution < -0.4 is 5.32 Å². The largest absolute Gasteiger partial charge is 0.308 e. The zero-order chi connectivity index (χ0) is 13.2. The fraction of sp³-hybridized carbons (Fsp3) is 0.500. The Kier molecular flexibility index (Phi) is 3.88. The van der Waals surface area contributed by atoms with Gasteiger partial charge in [0.05, 0.1) is 5.69 Å². The molecule has 0 aliphatic carbocycles. The maximum atomic E-state index is 4.58. The highest BCUT2D eigenvalue weighted by atomic mass is 32.1. The van der Waals surface area contributed by atoms with E-state index in [0.29, 0.717) is 0 Å². The standard InChI is InChI=1S/C14H21N3S/c1-14(2,3)13-12(9-17(4)16-13)8-15-7-11-5-6-18-10-11/h5-6,9-10,15H,7-8H2,1-4H3. The highest BCUT2D eigenvalue weighted by Gasteiger charge is 2.21. The summed E-state index contributed by atoms with van der Waals surface area (Å²) in [5, 5.41) is 12.4. The Morgan fingerprint density at radius 2 is 2.11 bits per heavy atom. The molecule has 0 spiro atoms. The first-order chi connectivity index (χ1) is 8.47. The molecule has 0 aromatic carbocycles. The lowest BCUT2D eigenvalue weighted by molar-refractivity contribution is 0.543. The third-order valence-corrected chi connectivity index (χ3v) is 3.57. The Bertz CT molecular complexity index is 492. The van der Waals surface area contributed by atoms with Gasteiger partial charge in [0.25, 0.3) is 0 Å². The number of nitrogens with one attached hydrogen (secondary N) is 1. The molecule has 0 fully saturated rings. The average molecular weight is 263 g/mol. The van der Waals surface area contributed by atoms with Gasteiger partial charge in [-0.1, -0.05) is 20.8 Å². The van der Waals surface area contributed by atoms with E-state index in [-0.39, 0.29) is 5.41 Å². The van der Waals surface area contributed by atoms with Crippen LogP contribution in [0.4, 0.5) is 0 Å². The summed E-state index contributed by atoms with van der Waals surface area (Å²) in [5.74, 6) is 0. The molecular weight excluding hydrogens is 242 g/mol. The number of hydrogen-bond donors (Lipinski definition) is 1. The van der Waals surface area contributed by atoms with Crippen molar-refractivity contribution < 1.29 is 0 Å². The molecule has 3 nitrogen and oxygen atoms in total. The fourth-order valence-corrected chi connectivity index (χ4v) is 2.70. The van der Waals surface area contributed by atoms with Crippen LogP contribution >= 0.6 is 11.3 Å². The Balaban J connectivity index is 2.01. The maximum absolute atomic E-state index is 4.58. The average Bonchev–Trinajstić information content (AvgIpc) is 2.87. The van der Waals surface area contributed by atoms with Crippen molar-refractivity contribution in [2.75, 3.05) is 0 Å². The molecule has 0 radical (unpaired) electrons. The van der Waals surface area contributed by atoms with Crippen LogP contribution in [-0.4, -0.2) is 9.78 Å². The first kappa shape index (κ1) is 13.3. The zero-order valence-corrected chi connectivity index (χ0v) is 12.3. The number of aromatic nitrogens is 2. The van der Waals surface area contributed by atoms with Gasteiger partial charge in [-0.05, 0) is 22.4 Å². The molecule has 0 aliphatic heterocycles. The highest BCUT2D eigenvalue weighted by molar-refractivity contribution is 7.07. The second-order valence-electron chi connectivity index (χ2n) is 5.66. The Morgan fingerprint density at radius 3 is 2.72 bits per heavy atom. The van der Waals surface area contributed by atoms with Crippen LogP contribution in [0.1, 0.15) is 37.6 Å². The Hall–Kier alpha value is -1.13. The topological polar surface area (TPSA) is 29.9 Å². The summed E-state index contributed by atoms with van der Waals surface area (Å²) < 4.78 is 1.90. The van der Waals surface area contributed by atoms with Crippen LogP contribution in [-0.2, 0) is 25.6 Å². The third-order valence-electron chi connectivity index (χ3n) is 2.84. The molecule has 98 valence electrons. The van der Waals surface area contributed by atoms with Crippen molar-refractivity contribution in [1.29, 1.82) is 0 Å². The van der Waals surface area contributed by atoms with Gasteiger partial charge in [0.1, 0.15) is 0 Å². The summed E-state index contributed by atoms with van der Waals surface area (Å²) in [7, 11) is 1.98. The lowest BCUT2D eigenvalue weighted by Gasteiger charge is -2.17. The van der Waals surface area contributed by atoms with Gasteiger partial charge in [0.15, 0.2) is 0 Å². The Labute approximate surface area is 113 Å². The van der Waals surface area contributed by atoms with E-state index in [0.717, 1.165) is 13.1 Å². The SMILES string of the molecule is Cn1cc(CNCc2ccsc2)c(C(C)(C)C)n1. The van der Waals surface area contributed by atoms with Gasteiger partial charge in [-0.25, -0.2) is 0 Å². The van der Waals surface area contributed by atoms with Crippen LogP contribution in [0.2, 0.25) is 0 Å². The number of aryl methyl sites for hydroxylation is 1. The van der Waals surface area contributed by atoms with E-state index in [4.69, 9.17) is 0 Å². The van der Waals surface area contributed by atoms with E-state index < -0.39 is 0 Å². The lowest BCUT2D eigenvalue weighted by atomic mass is 9.89.